The predicted octanol–water partition coefficient (Wildman–Crippen LogP) is 7.67. The molecule has 1 aliphatic heterocycles. The molecule has 0 radical (unpaired) electrons. The van der Waals surface area contributed by atoms with E-state index < -0.39 is 17.6 Å². The molecule has 2 aliphatic carbocycles. The molecule has 3 aliphatic rings. The topological polar surface area (TPSA) is 88.7 Å². The number of fused-ring (bicyclic) bond motifs is 1. The Hall–Kier alpha value is -3.08. The summed E-state index contributed by atoms with van der Waals surface area (Å²) >= 11 is 7.67. The van der Waals surface area contributed by atoms with E-state index >= 15 is 0 Å². The van der Waals surface area contributed by atoms with Crippen LogP contribution >= 0.6 is 22.9 Å². The van der Waals surface area contributed by atoms with Crippen molar-refractivity contribution in [1.29, 1.82) is 0 Å². The number of carbonyl (C=O) groups is 1. The summed E-state index contributed by atoms with van der Waals surface area (Å²) in [4.78, 5) is 17.9. The molecule has 2 aromatic heterocycles. The van der Waals surface area contributed by atoms with Gasteiger partial charge in [-0.15, -0.1) is 0 Å². The first-order valence-electron chi connectivity index (χ1n) is 13.9. The Bertz CT molecular complexity index is 1620. The molecule has 11 heteroatoms. The fraction of sp³-hybridized carbons (Fsp3) is 0.433. The zero-order valence-electron chi connectivity index (χ0n) is 22.2. The highest BCUT2D eigenvalue weighted by Gasteiger charge is 2.46. The van der Waals surface area contributed by atoms with Gasteiger partial charge in [0.25, 0.3) is 0 Å². The number of hydrogen-bond acceptors (Lipinski definition) is 7. The van der Waals surface area contributed by atoms with Gasteiger partial charge < -0.3 is 19.3 Å². The molecule has 0 amide bonds. The number of aromatic carboxylic acids is 1. The number of hydrogen-bond donors (Lipinski definition) is 1. The van der Waals surface area contributed by atoms with Crippen molar-refractivity contribution in [2.24, 2.45) is 11.3 Å². The first kappa shape index (κ1) is 26.8. The molecule has 2 saturated carbocycles. The van der Waals surface area contributed by atoms with Crippen LogP contribution in [-0.2, 0) is 11.3 Å². The summed E-state index contributed by atoms with van der Waals surface area (Å²) in [6.45, 7) is 2.59. The number of rotatable bonds is 8. The van der Waals surface area contributed by atoms with E-state index in [1.807, 2.05) is 0 Å². The number of carboxylic acids is 1. The maximum atomic E-state index is 14.7. The van der Waals surface area contributed by atoms with Gasteiger partial charge in [0, 0.05) is 31.2 Å². The Morgan fingerprint density at radius 3 is 2.68 bits per heavy atom. The van der Waals surface area contributed by atoms with Crippen molar-refractivity contribution < 1.29 is 27.9 Å². The molecule has 7 rings (SSSR count). The summed E-state index contributed by atoms with van der Waals surface area (Å²) in [6, 6.07) is 7.12. The Balaban J connectivity index is 0.953. The van der Waals surface area contributed by atoms with Crippen molar-refractivity contribution in [3.05, 3.63) is 63.9 Å². The van der Waals surface area contributed by atoms with Crippen LogP contribution in [0.15, 0.2) is 34.9 Å². The van der Waals surface area contributed by atoms with Crippen LogP contribution in [0.1, 0.15) is 66.1 Å². The quantitative estimate of drug-likeness (QED) is 0.222. The first-order valence-corrected chi connectivity index (χ1v) is 15.1. The lowest BCUT2D eigenvalue weighted by Gasteiger charge is -2.52. The molecule has 0 unspecified atom stereocenters. The number of ether oxygens (including phenoxy) is 1. The van der Waals surface area contributed by atoms with Crippen LogP contribution in [-0.4, -0.2) is 40.9 Å². The van der Waals surface area contributed by atoms with Crippen molar-refractivity contribution in [1.82, 2.24) is 10.1 Å². The molecule has 1 N–H and O–H groups in total. The van der Waals surface area contributed by atoms with Crippen molar-refractivity contribution >= 4 is 44.3 Å². The summed E-state index contributed by atoms with van der Waals surface area (Å²) in [5.41, 5.74) is 1.94. The van der Waals surface area contributed by atoms with Gasteiger partial charge in [-0.2, -0.15) is 0 Å². The van der Waals surface area contributed by atoms with E-state index in [-0.39, 0.29) is 22.1 Å². The third kappa shape index (κ3) is 5.00. The van der Waals surface area contributed by atoms with Gasteiger partial charge in [-0.1, -0.05) is 34.2 Å². The summed E-state index contributed by atoms with van der Waals surface area (Å²) in [5.74, 6) is -0.629. The fourth-order valence-electron chi connectivity index (χ4n) is 6.47. The highest BCUT2D eigenvalue weighted by Crippen LogP contribution is 2.53. The van der Waals surface area contributed by atoms with Gasteiger partial charge in [0.15, 0.2) is 10.9 Å². The minimum atomic E-state index is -1.15. The monoisotopic (exact) mass is 599 g/mol. The van der Waals surface area contributed by atoms with E-state index in [4.69, 9.17) is 20.9 Å². The average molecular weight is 600 g/mol. The van der Waals surface area contributed by atoms with E-state index in [0.29, 0.717) is 40.5 Å². The highest BCUT2D eigenvalue weighted by molar-refractivity contribution is 7.22. The Morgan fingerprint density at radius 1 is 1.20 bits per heavy atom. The first-order chi connectivity index (χ1) is 19.8. The van der Waals surface area contributed by atoms with Crippen molar-refractivity contribution in [3.63, 3.8) is 0 Å². The van der Waals surface area contributed by atoms with Gasteiger partial charge in [0.2, 0.25) is 0 Å². The van der Waals surface area contributed by atoms with E-state index in [2.05, 4.69) is 15.0 Å². The molecule has 4 aromatic rings. The predicted molar refractivity (Wildman–Crippen MR) is 152 cm³/mol. The maximum absolute atomic E-state index is 14.7. The number of thiazole rings is 1. The number of piperidine rings is 1. The van der Waals surface area contributed by atoms with E-state index in [0.717, 1.165) is 74.1 Å². The molecule has 0 bridgehead atoms. The maximum Gasteiger partial charge on any atom is 0.335 e. The fourth-order valence-corrected chi connectivity index (χ4v) is 7.80. The molecule has 2 aromatic carbocycles. The van der Waals surface area contributed by atoms with Gasteiger partial charge >= 0.3 is 5.97 Å². The number of aromatic nitrogens is 2. The molecule has 3 fully saturated rings. The molecule has 1 spiro atoms. The van der Waals surface area contributed by atoms with Crippen LogP contribution in [0.2, 0.25) is 5.02 Å². The lowest BCUT2D eigenvalue weighted by Crippen LogP contribution is -2.48. The average Bonchev–Trinajstić information content (AvgIpc) is 3.54. The Morgan fingerprint density at radius 2 is 1.98 bits per heavy atom. The third-order valence-corrected chi connectivity index (χ3v) is 10.2. The molecule has 0 atom stereocenters. The summed E-state index contributed by atoms with van der Waals surface area (Å²) in [6.07, 6.45) is 6.28. The van der Waals surface area contributed by atoms with Crippen LogP contribution in [0.25, 0.3) is 21.5 Å². The minimum Gasteiger partial charge on any atom is -0.478 e. The van der Waals surface area contributed by atoms with Gasteiger partial charge in [0.05, 0.1) is 27.5 Å². The lowest BCUT2D eigenvalue weighted by atomic mass is 9.58. The van der Waals surface area contributed by atoms with Crippen molar-refractivity contribution in [2.45, 2.75) is 51.0 Å². The molecule has 214 valence electrons. The number of benzene rings is 2. The second kappa shape index (κ2) is 10.3. The Kier molecular flexibility index (Phi) is 6.75. The number of halogens is 3. The summed E-state index contributed by atoms with van der Waals surface area (Å²) in [5, 5.41) is 14.5. The highest BCUT2D eigenvalue weighted by atomic mass is 35.5. The van der Waals surface area contributed by atoms with E-state index in [1.54, 1.807) is 12.1 Å². The smallest absolute Gasteiger partial charge is 0.335 e. The number of anilines is 1. The molecule has 41 heavy (non-hydrogen) atoms. The van der Waals surface area contributed by atoms with Crippen LogP contribution in [0.4, 0.5) is 13.9 Å². The molecule has 7 nitrogen and oxygen atoms in total. The molecular formula is C30H28ClF2N3O4S. The van der Waals surface area contributed by atoms with Crippen LogP contribution < -0.4 is 4.90 Å². The SMILES string of the molecule is O=C(O)c1cc(F)c2nc(N3CCC4(CC3)CC(COCc3c(-c5c(F)cccc5Cl)noc3C3CC3)C4)sc2c1. The van der Waals surface area contributed by atoms with E-state index in [1.165, 1.54) is 23.5 Å². The molecular weight excluding hydrogens is 572 g/mol. The normalized spacial score (nSPS) is 18.8. The Labute approximate surface area is 244 Å². The van der Waals surface area contributed by atoms with Crippen molar-refractivity contribution in [3.8, 4) is 11.3 Å². The summed E-state index contributed by atoms with van der Waals surface area (Å²) < 4.78 is 41.5. The van der Waals surface area contributed by atoms with Gasteiger partial charge in [-0.05, 0) is 74.1 Å². The lowest BCUT2D eigenvalue weighted by molar-refractivity contribution is -0.0315. The number of carboxylic acid groups (broad SMARTS) is 1. The zero-order chi connectivity index (χ0) is 28.3. The zero-order valence-corrected chi connectivity index (χ0v) is 23.7. The largest absolute Gasteiger partial charge is 0.478 e. The third-order valence-electron chi connectivity index (χ3n) is 8.79. The second-order valence-electron chi connectivity index (χ2n) is 11.6. The van der Waals surface area contributed by atoms with Crippen LogP contribution in [0.3, 0.4) is 0 Å². The van der Waals surface area contributed by atoms with E-state index in [9.17, 15) is 18.7 Å². The van der Waals surface area contributed by atoms with Crippen molar-refractivity contribution in [2.75, 3.05) is 24.6 Å². The van der Waals surface area contributed by atoms with Crippen LogP contribution in [0.5, 0.6) is 0 Å². The van der Waals surface area contributed by atoms with Gasteiger partial charge in [-0.25, -0.2) is 18.6 Å². The van der Waals surface area contributed by atoms with Gasteiger partial charge in [-0.3, -0.25) is 0 Å². The number of nitrogens with zero attached hydrogens (tertiary/aromatic N) is 3. The standard InChI is InChI=1S/C30H28ClF2N3O4S/c31-20-2-1-3-21(32)24(20)25-19(27(40-35-25)17-4-5-17)15-39-14-16-12-30(13-16)6-8-36(9-7-30)29-34-26-22(33)10-18(28(37)38)11-23(26)41-29/h1-3,10-11,16-17H,4-9,12-15H2,(H,37,38). The second-order valence-corrected chi connectivity index (χ2v) is 13.0. The van der Waals surface area contributed by atoms with Crippen LogP contribution in [0, 0.1) is 23.0 Å². The van der Waals surface area contributed by atoms with Gasteiger partial charge in [0.1, 0.15) is 22.8 Å². The minimum absolute atomic E-state index is 0.0643. The summed E-state index contributed by atoms with van der Waals surface area (Å²) in [7, 11) is 0. The molecule has 3 heterocycles. The molecule has 1 saturated heterocycles.